The van der Waals surface area contributed by atoms with Crippen molar-refractivity contribution in [1.82, 2.24) is 0 Å². The number of methoxy groups -OCH3 is 2. The zero-order chi connectivity index (χ0) is 24.4. The Balaban J connectivity index is 1.77. The Hall–Kier alpha value is -3.77. The average molecular weight is 529 g/mol. The second-order valence-corrected chi connectivity index (χ2v) is 9.10. The number of fused-ring (bicyclic) bond motifs is 1. The Bertz CT molecular complexity index is 1340. The number of benzene rings is 4. The van der Waals surface area contributed by atoms with Gasteiger partial charge in [0.2, 0.25) is 0 Å². The molecule has 0 aromatic heterocycles. The first-order valence-corrected chi connectivity index (χ1v) is 12.1. The van der Waals surface area contributed by atoms with E-state index < -0.39 is 6.17 Å². The van der Waals surface area contributed by atoms with Crippen LogP contribution in [0.25, 0.3) is 0 Å². The summed E-state index contributed by atoms with van der Waals surface area (Å²) >= 11 is 3.76. The Morgan fingerprint density at radius 2 is 1.40 bits per heavy atom. The summed E-state index contributed by atoms with van der Waals surface area (Å²) in [5, 5.41) is 0. The molecule has 1 heterocycles. The Labute approximate surface area is 213 Å². The monoisotopic (exact) mass is 528 g/mol. The van der Waals surface area contributed by atoms with Gasteiger partial charge in [-0.05, 0) is 42.0 Å². The van der Waals surface area contributed by atoms with Gasteiger partial charge >= 0.3 is 0 Å². The molecule has 1 atom stereocenters. The second-order valence-electron chi connectivity index (χ2n) is 8.24. The second kappa shape index (κ2) is 9.84. The van der Waals surface area contributed by atoms with Gasteiger partial charge in [-0.1, -0.05) is 76.6 Å². The Kier molecular flexibility index (Phi) is 6.47. The first-order chi connectivity index (χ1) is 17.1. The minimum Gasteiger partial charge on any atom is -0.493 e. The van der Waals surface area contributed by atoms with Gasteiger partial charge in [-0.15, -0.1) is 0 Å². The van der Waals surface area contributed by atoms with E-state index in [9.17, 15) is 4.79 Å². The molecule has 0 saturated carbocycles. The van der Waals surface area contributed by atoms with E-state index in [1.165, 1.54) is 0 Å². The number of para-hydroxylation sites is 2. The van der Waals surface area contributed by atoms with Gasteiger partial charge < -0.3 is 14.4 Å². The van der Waals surface area contributed by atoms with E-state index >= 15 is 0 Å². The predicted octanol–water partition coefficient (Wildman–Crippen LogP) is 6.83. The lowest BCUT2D eigenvalue weighted by Gasteiger charge is -2.46. The number of hydrogen-bond acceptors (Lipinski definition) is 4. The third-order valence-corrected chi connectivity index (χ3v) is 6.90. The van der Waals surface area contributed by atoms with E-state index in [0.29, 0.717) is 23.6 Å². The Morgan fingerprint density at radius 1 is 0.800 bits per heavy atom. The maximum atomic E-state index is 14.0. The van der Waals surface area contributed by atoms with Crippen molar-refractivity contribution in [2.24, 2.45) is 0 Å². The van der Waals surface area contributed by atoms with Gasteiger partial charge in [0, 0.05) is 22.3 Å². The quantitative estimate of drug-likeness (QED) is 0.275. The van der Waals surface area contributed by atoms with Crippen LogP contribution >= 0.6 is 15.9 Å². The Morgan fingerprint density at radius 3 is 2.09 bits per heavy atom. The highest BCUT2D eigenvalue weighted by molar-refractivity contribution is 9.10. The minimum atomic E-state index is -0.436. The molecule has 0 fully saturated rings. The highest BCUT2D eigenvalue weighted by Gasteiger charge is 2.40. The van der Waals surface area contributed by atoms with Crippen LogP contribution in [0.1, 0.15) is 27.7 Å². The summed E-state index contributed by atoms with van der Waals surface area (Å²) in [6.07, 6.45) is -0.436. The van der Waals surface area contributed by atoms with Crippen molar-refractivity contribution in [3.05, 3.63) is 118 Å². The molecular weight excluding hydrogens is 504 g/mol. The molecule has 0 N–H and O–H groups in total. The molecular formula is C29H25BrN2O3. The van der Waals surface area contributed by atoms with Crippen LogP contribution in [-0.2, 0) is 6.54 Å². The summed E-state index contributed by atoms with van der Waals surface area (Å²) in [4.78, 5) is 18.1. The maximum Gasteiger partial charge on any atom is 0.262 e. The molecule has 0 unspecified atom stereocenters. The predicted molar refractivity (Wildman–Crippen MR) is 142 cm³/mol. The van der Waals surface area contributed by atoms with E-state index in [-0.39, 0.29) is 5.91 Å². The molecule has 176 valence electrons. The zero-order valence-corrected chi connectivity index (χ0v) is 21.1. The highest BCUT2D eigenvalue weighted by Crippen LogP contribution is 2.46. The van der Waals surface area contributed by atoms with E-state index in [4.69, 9.17) is 9.47 Å². The number of hydrogen-bond donors (Lipinski definition) is 0. The molecule has 5 rings (SSSR count). The third-order valence-electron chi connectivity index (χ3n) is 6.21. The molecule has 35 heavy (non-hydrogen) atoms. The summed E-state index contributed by atoms with van der Waals surface area (Å²) in [5.41, 5.74) is 4.41. The van der Waals surface area contributed by atoms with Gasteiger partial charge in [0.1, 0.15) is 6.17 Å². The number of carbonyl (C=O) groups is 1. The van der Waals surface area contributed by atoms with Crippen LogP contribution < -0.4 is 19.3 Å². The summed E-state index contributed by atoms with van der Waals surface area (Å²) in [6.45, 7) is 0.611. The zero-order valence-electron chi connectivity index (χ0n) is 19.5. The first-order valence-electron chi connectivity index (χ1n) is 11.3. The molecule has 1 aliphatic rings. The fourth-order valence-corrected chi connectivity index (χ4v) is 5.12. The molecule has 1 aliphatic heterocycles. The highest BCUT2D eigenvalue weighted by atomic mass is 79.9. The van der Waals surface area contributed by atoms with E-state index in [2.05, 4.69) is 33.0 Å². The van der Waals surface area contributed by atoms with Crippen LogP contribution in [0.15, 0.2) is 102 Å². The smallest absolute Gasteiger partial charge is 0.262 e. The fourth-order valence-electron chi connectivity index (χ4n) is 4.59. The van der Waals surface area contributed by atoms with Crippen LogP contribution in [0.2, 0.25) is 0 Å². The van der Waals surface area contributed by atoms with E-state index in [1.807, 2.05) is 89.8 Å². The van der Waals surface area contributed by atoms with Crippen molar-refractivity contribution in [3.63, 3.8) is 0 Å². The van der Waals surface area contributed by atoms with Crippen LogP contribution in [0.3, 0.4) is 0 Å². The van der Waals surface area contributed by atoms with Gasteiger partial charge in [-0.3, -0.25) is 9.69 Å². The van der Waals surface area contributed by atoms with Crippen molar-refractivity contribution in [2.75, 3.05) is 24.0 Å². The van der Waals surface area contributed by atoms with Gasteiger partial charge in [-0.25, -0.2) is 0 Å². The largest absolute Gasteiger partial charge is 0.493 e. The van der Waals surface area contributed by atoms with Gasteiger partial charge in [-0.2, -0.15) is 0 Å². The molecule has 0 radical (unpaired) electrons. The molecule has 1 amide bonds. The average Bonchev–Trinajstić information content (AvgIpc) is 2.91. The van der Waals surface area contributed by atoms with Crippen molar-refractivity contribution in [1.29, 1.82) is 0 Å². The number of ether oxygens (including phenoxy) is 2. The molecule has 0 aliphatic carbocycles. The van der Waals surface area contributed by atoms with Crippen LogP contribution in [-0.4, -0.2) is 20.1 Å². The fraction of sp³-hybridized carbons (Fsp3) is 0.138. The first kappa shape index (κ1) is 23.0. The molecule has 0 bridgehead atoms. The molecule has 6 heteroatoms. The van der Waals surface area contributed by atoms with Gasteiger partial charge in [0.15, 0.2) is 11.5 Å². The molecule has 4 aromatic rings. The lowest BCUT2D eigenvalue weighted by molar-refractivity contribution is 0.0968. The minimum absolute atomic E-state index is 0.0530. The number of amides is 1. The normalized spacial score (nSPS) is 15.1. The molecule has 5 nitrogen and oxygen atoms in total. The molecule has 0 spiro atoms. The summed E-state index contributed by atoms with van der Waals surface area (Å²) in [7, 11) is 3.23. The summed E-state index contributed by atoms with van der Waals surface area (Å²) in [6, 6.07) is 31.7. The van der Waals surface area contributed by atoms with E-state index in [1.54, 1.807) is 14.2 Å². The van der Waals surface area contributed by atoms with Crippen molar-refractivity contribution < 1.29 is 14.3 Å². The summed E-state index contributed by atoms with van der Waals surface area (Å²) in [5.74, 6) is 1.17. The van der Waals surface area contributed by atoms with Gasteiger partial charge in [0.05, 0.1) is 25.5 Å². The lowest BCUT2D eigenvalue weighted by Crippen LogP contribution is -2.49. The van der Waals surface area contributed by atoms with Crippen molar-refractivity contribution in [2.45, 2.75) is 12.7 Å². The van der Waals surface area contributed by atoms with Crippen molar-refractivity contribution in [3.8, 4) is 11.5 Å². The van der Waals surface area contributed by atoms with Crippen molar-refractivity contribution >= 4 is 33.2 Å². The standard InChI is InChI=1S/C29H25BrN2O3/c1-34-26-17-23(24(30)18-27(26)35-2)28-31(19-20-11-5-3-6-12-20)25-16-10-9-15-22(25)29(33)32(28)21-13-7-4-8-14-21/h3-18,28H,19H2,1-2H3/t28-/m0/s1. The van der Waals surface area contributed by atoms with E-state index in [0.717, 1.165) is 27.0 Å². The molecule has 4 aromatic carbocycles. The summed E-state index contributed by atoms with van der Waals surface area (Å²) < 4.78 is 12.0. The number of halogens is 1. The number of rotatable bonds is 6. The van der Waals surface area contributed by atoms with Gasteiger partial charge in [0.25, 0.3) is 5.91 Å². The lowest BCUT2D eigenvalue weighted by atomic mass is 9.98. The molecule has 0 saturated heterocycles. The van der Waals surface area contributed by atoms with Crippen LogP contribution in [0.5, 0.6) is 11.5 Å². The van der Waals surface area contributed by atoms with Crippen LogP contribution in [0.4, 0.5) is 11.4 Å². The third kappa shape index (κ3) is 4.26. The maximum absolute atomic E-state index is 14.0. The number of nitrogens with zero attached hydrogens (tertiary/aromatic N) is 2. The number of carbonyl (C=O) groups excluding carboxylic acids is 1. The SMILES string of the molecule is COc1cc(Br)c([C@H]2N(Cc3ccccc3)c3ccccc3C(=O)N2c2ccccc2)cc1OC. The number of anilines is 2. The topological polar surface area (TPSA) is 42.0 Å². The van der Waals surface area contributed by atoms with Crippen LogP contribution in [0, 0.1) is 0 Å².